The fraction of sp³-hybridized carbons (Fsp3) is 0.857. The molecule has 0 bridgehead atoms. The van der Waals surface area contributed by atoms with E-state index in [2.05, 4.69) is 45.3 Å². The van der Waals surface area contributed by atoms with Crippen molar-refractivity contribution in [3.05, 3.63) is 11.5 Å². The maximum atomic E-state index is 6.68. The Morgan fingerprint density at radius 1 is 1.35 bits per heavy atom. The number of thioether (sulfide) groups is 1. The van der Waals surface area contributed by atoms with Gasteiger partial charge in [0.25, 0.3) is 0 Å². The first kappa shape index (κ1) is 13.7. The maximum absolute atomic E-state index is 6.68. The first-order chi connectivity index (χ1) is 7.77. The maximum Gasteiger partial charge on any atom is 0.192 e. The van der Waals surface area contributed by atoms with Crippen molar-refractivity contribution in [1.82, 2.24) is 0 Å². The highest BCUT2D eigenvalue weighted by Gasteiger charge is 2.49. The Labute approximate surface area is 112 Å². The van der Waals surface area contributed by atoms with Gasteiger partial charge in [-0.25, -0.2) is 0 Å². The van der Waals surface area contributed by atoms with Gasteiger partial charge in [-0.15, -0.1) is 11.8 Å². The molecule has 0 saturated heterocycles. The molecule has 1 saturated carbocycles. The smallest absolute Gasteiger partial charge is 0.192 e. The van der Waals surface area contributed by atoms with Crippen LogP contribution in [0.25, 0.3) is 0 Å². The molecule has 2 atom stereocenters. The molecule has 1 heterocycles. The van der Waals surface area contributed by atoms with Crippen LogP contribution in [0.2, 0.25) is 18.1 Å². The second-order valence-electron chi connectivity index (χ2n) is 7.02. The predicted octanol–water partition coefficient (Wildman–Crippen LogP) is 4.95. The van der Waals surface area contributed by atoms with Crippen molar-refractivity contribution in [2.75, 3.05) is 0 Å². The van der Waals surface area contributed by atoms with Gasteiger partial charge in [0.2, 0.25) is 0 Å². The predicted molar refractivity (Wildman–Crippen MR) is 80.0 cm³/mol. The molecule has 1 aliphatic heterocycles. The van der Waals surface area contributed by atoms with E-state index in [0.29, 0.717) is 15.9 Å². The van der Waals surface area contributed by atoms with E-state index in [1.165, 1.54) is 25.7 Å². The minimum atomic E-state index is -1.60. The Morgan fingerprint density at radius 2 is 2.06 bits per heavy atom. The molecule has 0 amide bonds. The van der Waals surface area contributed by atoms with Crippen molar-refractivity contribution in [1.29, 1.82) is 0 Å². The zero-order valence-corrected chi connectivity index (χ0v) is 13.7. The molecule has 2 aliphatic rings. The van der Waals surface area contributed by atoms with Gasteiger partial charge in [0.05, 0.1) is 6.10 Å². The molecule has 2 rings (SSSR count). The molecule has 1 fully saturated rings. The lowest BCUT2D eigenvalue weighted by atomic mass is 10.0. The molecule has 1 aliphatic carbocycles. The van der Waals surface area contributed by atoms with Gasteiger partial charge in [-0.2, -0.15) is 0 Å². The lowest BCUT2D eigenvalue weighted by Gasteiger charge is -2.42. The zero-order chi connectivity index (χ0) is 12.7. The Hall–Kier alpha value is 0.267. The topological polar surface area (TPSA) is 9.23 Å². The quantitative estimate of drug-likeness (QED) is 0.657. The van der Waals surface area contributed by atoms with Crippen LogP contribution in [0.1, 0.15) is 46.5 Å². The van der Waals surface area contributed by atoms with Gasteiger partial charge in [0.1, 0.15) is 0 Å². The van der Waals surface area contributed by atoms with E-state index < -0.39 is 8.32 Å². The minimum absolute atomic E-state index is 0.327. The SMILES string of the molecule is CC(C)(C)[Si](C)(C)O[C@H]1CCC[C@]12CC=CS2. The highest BCUT2D eigenvalue weighted by molar-refractivity contribution is 8.03. The number of hydrogen-bond donors (Lipinski definition) is 0. The van der Waals surface area contributed by atoms with Crippen LogP contribution >= 0.6 is 11.8 Å². The standard InChI is InChI=1S/C14H26OSSi/c1-13(2,3)17(4,5)15-12-8-6-9-14(12)10-7-11-16-14/h7,11-12H,6,8-10H2,1-5H3/t12-,14-/m0/s1. The van der Waals surface area contributed by atoms with Crippen LogP contribution in [0, 0.1) is 0 Å². The summed E-state index contributed by atoms with van der Waals surface area (Å²) in [5, 5.41) is 2.61. The van der Waals surface area contributed by atoms with Crippen LogP contribution in [0.15, 0.2) is 11.5 Å². The number of hydrogen-bond acceptors (Lipinski definition) is 2. The van der Waals surface area contributed by atoms with Gasteiger partial charge < -0.3 is 4.43 Å². The fourth-order valence-electron chi connectivity index (χ4n) is 2.56. The molecule has 0 unspecified atom stereocenters. The normalized spacial score (nSPS) is 33.8. The second kappa shape index (κ2) is 4.43. The summed E-state index contributed by atoms with van der Waals surface area (Å²) in [6, 6.07) is 0. The van der Waals surface area contributed by atoms with Crippen LogP contribution in [-0.2, 0) is 4.43 Å². The van der Waals surface area contributed by atoms with Crippen LogP contribution in [0.5, 0.6) is 0 Å². The molecule has 17 heavy (non-hydrogen) atoms. The molecular weight excluding hydrogens is 244 g/mol. The average molecular weight is 271 g/mol. The van der Waals surface area contributed by atoms with E-state index in [4.69, 9.17) is 4.43 Å². The summed E-state index contributed by atoms with van der Waals surface area (Å²) in [5.74, 6) is 0. The van der Waals surface area contributed by atoms with E-state index >= 15 is 0 Å². The second-order valence-corrected chi connectivity index (χ2v) is 13.1. The van der Waals surface area contributed by atoms with E-state index in [1.807, 2.05) is 11.8 Å². The van der Waals surface area contributed by atoms with Crippen LogP contribution < -0.4 is 0 Å². The van der Waals surface area contributed by atoms with Gasteiger partial charge in [-0.1, -0.05) is 26.8 Å². The van der Waals surface area contributed by atoms with Crippen molar-refractivity contribution in [2.24, 2.45) is 0 Å². The highest BCUT2D eigenvalue weighted by atomic mass is 32.2. The van der Waals surface area contributed by atoms with Gasteiger partial charge in [0, 0.05) is 4.75 Å². The molecule has 3 heteroatoms. The Morgan fingerprint density at radius 3 is 2.59 bits per heavy atom. The van der Waals surface area contributed by atoms with Gasteiger partial charge in [0.15, 0.2) is 8.32 Å². The summed E-state index contributed by atoms with van der Waals surface area (Å²) in [4.78, 5) is 0. The largest absolute Gasteiger partial charge is 0.413 e. The lowest BCUT2D eigenvalue weighted by molar-refractivity contribution is 0.159. The monoisotopic (exact) mass is 270 g/mol. The summed E-state index contributed by atoms with van der Waals surface area (Å²) < 4.78 is 7.08. The fourth-order valence-corrected chi connectivity index (χ4v) is 5.29. The van der Waals surface area contributed by atoms with Gasteiger partial charge >= 0.3 is 0 Å². The van der Waals surface area contributed by atoms with Gasteiger partial charge in [-0.05, 0) is 49.2 Å². The lowest BCUT2D eigenvalue weighted by Crippen LogP contribution is -2.48. The van der Waals surface area contributed by atoms with Crippen LogP contribution in [0.4, 0.5) is 0 Å². The molecule has 0 aromatic carbocycles. The molecule has 0 aromatic rings. The van der Waals surface area contributed by atoms with Crippen molar-refractivity contribution in [3.63, 3.8) is 0 Å². The molecular formula is C14H26OSSi. The molecule has 1 spiro atoms. The van der Waals surface area contributed by atoms with E-state index in [9.17, 15) is 0 Å². The molecule has 1 nitrogen and oxygen atoms in total. The summed E-state index contributed by atoms with van der Waals surface area (Å²) in [6.45, 7) is 11.8. The third-order valence-electron chi connectivity index (χ3n) is 4.76. The van der Waals surface area contributed by atoms with Crippen LogP contribution in [-0.4, -0.2) is 19.2 Å². The van der Waals surface area contributed by atoms with Crippen molar-refractivity contribution < 1.29 is 4.43 Å². The molecule has 0 radical (unpaired) electrons. The summed E-state index contributed by atoms with van der Waals surface area (Å²) in [7, 11) is -1.60. The van der Waals surface area contributed by atoms with Crippen molar-refractivity contribution in [3.8, 4) is 0 Å². The Kier molecular flexibility index (Phi) is 3.57. The number of allylic oxidation sites excluding steroid dienone is 1. The van der Waals surface area contributed by atoms with Crippen molar-refractivity contribution >= 4 is 20.1 Å². The third-order valence-corrected chi connectivity index (χ3v) is 10.7. The summed E-state index contributed by atoms with van der Waals surface area (Å²) in [5.41, 5.74) is 0. The third kappa shape index (κ3) is 2.52. The first-order valence-corrected chi connectivity index (χ1v) is 10.6. The number of rotatable bonds is 2. The Balaban J connectivity index is 2.08. The highest BCUT2D eigenvalue weighted by Crippen LogP contribution is 2.52. The summed E-state index contributed by atoms with van der Waals surface area (Å²) >= 11 is 2.03. The van der Waals surface area contributed by atoms with Crippen LogP contribution in [0.3, 0.4) is 0 Å². The van der Waals surface area contributed by atoms with Gasteiger partial charge in [-0.3, -0.25) is 0 Å². The van der Waals surface area contributed by atoms with E-state index in [0.717, 1.165) is 0 Å². The molecule has 98 valence electrons. The van der Waals surface area contributed by atoms with Crippen molar-refractivity contribution in [2.45, 2.75) is 75.4 Å². The molecule has 0 aromatic heterocycles. The first-order valence-electron chi connectivity index (χ1n) is 6.78. The molecule has 0 N–H and O–H groups in total. The minimum Gasteiger partial charge on any atom is -0.413 e. The zero-order valence-electron chi connectivity index (χ0n) is 11.9. The Bertz CT molecular complexity index is 309. The van der Waals surface area contributed by atoms with E-state index in [-0.39, 0.29) is 0 Å². The van der Waals surface area contributed by atoms with E-state index in [1.54, 1.807) is 0 Å². The summed E-state index contributed by atoms with van der Waals surface area (Å²) in [6.07, 6.45) is 7.98. The average Bonchev–Trinajstić information content (AvgIpc) is 2.77.